The zero-order chi connectivity index (χ0) is 16.6. The van der Waals surface area contributed by atoms with Crippen LogP contribution in [0, 0.1) is 18.3 Å². The molecule has 0 amide bonds. The van der Waals surface area contributed by atoms with Gasteiger partial charge in [-0.15, -0.1) is 0 Å². The van der Waals surface area contributed by atoms with Crippen LogP contribution in [0.4, 0.5) is 5.82 Å². The molecule has 0 unspecified atom stereocenters. The summed E-state index contributed by atoms with van der Waals surface area (Å²) in [4.78, 5) is 0. The second kappa shape index (κ2) is 4.09. The molecule has 0 aliphatic heterocycles. The molecule has 6 nitrogen and oxygen atoms in total. The van der Waals surface area contributed by atoms with Gasteiger partial charge in [-0.25, -0.2) is 4.40 Å². The lowest BCUT2D eigenvalue weighted by Gasteiger charge is -2.11. The predicted molar refractivity (Wildman–Crippen MR) is 90.6 cm³/mol. The van der Waals surface area contributed by atoms with Crippen LogP contribution >= 0.6 is 0 Å². The van der Waals surface area contributed by atoms with Gasteiger partial charge in [-0.2, -0.15) is 9.66 Å². The maximum Gasteiger partial charge on any atom is 0.316 e. The fourth-order valence-corrected chi connectivity index (χ4v) is 3.82. The average Bonchev–Trinajstić information content (AvgIpc) is 3.13. The van der Waals surface area contributed by atoms with Crippen LogP contribution in [0.2, 0.25) is 0 Å². The summed E-state index contributed by atoms with van der Waals surface area (Å²) < 4.78 is 11.6. The highest BCUT2D eigenvalue weighted by Gasteiger charge is 2.27. The van der Waals surface area contributed by atoms with E-state index in [-0.39, 0.29) is 0 Å². The molecule has 0 fully saturated rings. The molecule has 0 aliphatic rings. The minimum absolute atomic E-state index is 0.464. The Labute approximate surface area is 136 Å². The van der Waals surface area contributed by atoms with E-state index in [4.69, 9.17) is 10.5 Å². The first-order chi connectivity index (χ1) is 11.7. The van der Waals surface area contributed by atoms with Gasteiger partial charge in [0.25, 0.3) is 0 Å². The van der Waals surface area contributed by atoms with E-state index in [1.807, 2.05) is 52.5 Å². The smallest absolute Gasteiger partial charge is 0.316 e. The molecule has 5 rings (SSSR count). The number of ether oxygens (including phenoxy) is 1. The van der Waals surface area contributed by atoms with Crippen molar-refractivity contribution in [2.75, 3.05) is 12.8 Å². The Kier molecular flexibility index (Phi) is 2.22. The van der Waals surface area contributed by atoms with Crippen molar-refractivity contribution in [2.24, 2.45) is 0 Å². The van der Waals surface area contributed by atoms with Crippen molar-refractivity contribution in [1.29, 1.82) is 5.26 Å². The highest BCUT2D eigenvalue weighted by molar-refractivity contribution is 6.04. The van der Waals surface area contributed by atoms with Crippen LogP contribution in [0.1, 0.15) is 11.1 Å². The highest BCUT2D eigenvalue weighted by Crippen LogP contribution is 2.36. The molecule has 0 radical (unpaired) electrons. The summed E-state index contributed by atoms with van der Waals surface area (Å²) in [6.45, 7) is 2.01. The maximum atomic E-state index is 9.60. The number of anilines is 1. The Morgan fingerprint density at radius 2 is 2.04 bits per heavy atom. The van der Waals surface area contributed by atoms with Crippen molar-refractivity contribution < 1.29 is 9.14 Å². The van der Waals surface area contributed by atoms with E-state index < -0.39 is 0 Å². The first-order valence-corrected chi connectivity index (χ1v) is 7.61. The van der Waals surface area contributed by atoms with Crippen LogP contribution < -0.4 is 14.9 Å². The molecule has 2 N–H and O–H groups in total. The number of pyridine rings is 1. The molecule has 0 bridgehead atoms. The van der Waals surface area contributed by atoms with Crippen LogP contribution in [0.3, 0.4) is 0 Å². The molecule has 1 aromatic carbocycles. The molecule has 116 valence electrons. The van der Waals surface area contributed by atoms with Gasteiger partial charge < -0.3 is 10.5 Å². The van der Waals surface area contributed by atoms with Crippen molar-refractivity contribution in [3.63, 3.8) is 0 Å². The standard InChI is InChI=1S/C18H13N5O/c1-10-14(24-2)4-3-13-15(10)23-16-11(12(9-19)17(23)20)5-6-21-7-8-22(13)18(16)21/h3-8,20H,1-2H3/p+1. The molecule has 0 aliphatic carbocycles. The van der Waals surface area contributed by atoms with Crippen LogP contribution in [-0.2, 0) is 0 Å². The van der Waals surface area contributed by atoms with Crippen LogP contribution in [0.5, 0.6) is 5.75 Å². The number of fused-ring (bicyclic) bond motifs is 3. The molecule has 0 saturated carbocycles. The van der Waals surface area contributed by atoms with E-state index in [2.05, 4.69) is 10.5 Å². The van der Waals surface area contributed by atoms with Gasteiger partial charge in [-0.1, -0.05) is 0 Å². The normalized spacial score (nSPS) is 11.9. The van der Waals surface area contributed by atoms with Crippen molar-refractivity contribution in [2.45, 2.75) is 6.92 Å². The molecule has 0 spiro atoms. The second-order valence-corrected chi connectivity index (χ2v) is 5.95. The zero-order valence-electron chi connectivity index (χ0n) is 13.2. The van der Waals surface area contributed by atoms with E-state index >= 15 is 0 Å². The number of nitrogen functional groups attached to an aromatic ring is 1. The summed E-state index contributed by atoms with van der Waals surface area (Å²) >= 11 is 0. The lowest BCUT2D eigenvalue weighted by atomic mass is 10.1. The number of methoxy groups -OCH3 is 1. The van der Waals surface area contributed by atoms with Crippen molar-refractivity contribution in [3.8, 4) is 11.8 Å². The van der Waals surface area contributed by atoms with Gasteiger partial charge >= 0.3 is 5.65 Å². The third-order valence-electron chi connectivity index (χ3n) is 4.88. The van der Waals surface area contributed by atoms with Gasteiger partial charge in [0.15, 0.2) is 5.52 Å². The monoisotopic (exact) mass is 316 g/mol. The maximum absolute atomic E-state index is 9.60. The van der Waals surface area contributed by atoms with Crippen LogP contribution in [0.15, 0.2) is 36.8 Å². The van der Waals surface area contributed by atoms with Crippen molar-refractivity contribution in [1.82, 2.24) is 8.80 Å². The first kappa shape index (κ1) is 13.0. The molecular weight excluding hydrogens is 302 g/mol. The van der Waals surface area contributed by atoms with Crippen LogP contribution in [0.25, 0.3) is 27.6 Å². The molecule has 6 heteroatoms. The number of nitrogens with zero attached hydrogens (tertiary/aromatic N) is 4. The number of benzene rings is 1. The van der Waals surface area contributed by atoms with Gasteiger partial charge in [0.1, 0.15) is 46.6 Å². The Balaban J connectivity index is 2.26. The van der Waals surface area contributed by atoms with Gasteiger partial charge in [-0.05, 0) is 25.1 Å². The topological polar surface area (TPSA) is 72.0 Å². The number of nitrogens with two attached hydrogens (primary N) is 1. The van der Waals surface area contributed by atoms with E-state index in [1.54, 1.807) is 7.11 Å². The molecule has 0 atom stereocenters. The SMILES string of the molecule is COc1ccc2c(c1C)n1c(N)c(C#N)c3cc[n+]4ccn2c4c31. The fourth-order valence-electron chi connectivity index (χ4n) is 3.82. The van der Waals surface area contributed by atoms with Crippen molar-refractivity contribution >= 4 is 33.4 Å². The number of hydrogen-bond acceptors (Lipinski definition) is 3. The van der Waals surface area contributed by atoms with E-state index in [0.717, 1.165) is 38.9 Å². The second-order valence-electron chi connectivity index (χ2n) is 5.95. The third-order valence-corrected chi connectivity index (χ3v) is 4.88. The zero-order valence-corrected chi connectivity index (χ0v) is 13.2. The molecule has 4 aromatic heterocycles. The average molecular weight is 316 g/mol. The fraction of sp³-hybridized carbons (Fsp3) is 0.111. The molecule has 0 saturated heterocycles. The lowest BCUT2D eigenvalue weighted by molar-refractivity contribution is -0.509. The van der Waals surface area contributed by atoms with Gasteiger partial charge in [0.05, 0.1) is 13.3 Å². The van der Waals surface area contributed by atoms with Gasteiger partial charge in [0.2, 0.25) is 0 Å². The van der Waals surface area contributed by atoms with E-state index in [9.17, 15) is 5.26 Å². The minimum atomic E-state index is 0.464. The van der Waals surface area contributed by atoms with E-state index in [0.29, 0.717) is 11.4 Å². The Bertz CT molecular complexity index is 1320. The highest BCUT2D eigenvalue weighted by atomic mass is 16.5. The summed E-state index contributed by atoms with van der Waals surface area (Å²) in [5, 5.41) is 10.5. The predicted octanol–water partition coefficient (Wildman–Crippen LogP) is 2.29. The summed E-state index contributed by atoms with van der Waals surface area (Å²) in [5.41, 5.74) is 11.8. The van der Waals surface area contributed by atoms with E-state index in [1.165, 1.54) is 0 Å². The van der Waals surface area contributed by atoms with Gasteiger partial charge in [-0.3, -0.25) is 4.40 Å². The number of imidazole rings is 1. The Hall–Kier alpha value is -3.46. The Morgan fingerprint density at radius 3 is 2.79 bits per heavy atom. The molecule has 24 heavy (non-hydrogen) atoms. The lowest BCUT2D eigenvalue weighted by Crippen LogP contribution is -2.19. The Morgan fingerprint density at radius 1 is 1.21 bits per heavy atom. The molecular formula is C18H14N5O+. The minimum Gasteiger partial charge on any atom is -0.496 e. The summed E-state index contributed by atoms with van der Waals surface area (Å²) in [6, 6.07) is 8.18. The number of hydrogen-bond donors (Lipinski definition) is 1. The molecule has 4 heterocycles. The summed E-state index contributed by atoms with van der Waals surface area (Å²) in [6.07, 6.45) is 5.99. The largest absolute Gasteiger partial charge is 0.496 e. The molecule has 5 aromatic rings. The number of aromatic nitrogens is 3. The first-order valence-electron chi connectivity index (χ1n) is 7.61. The quantitative estimate of drug-likeness (QED) is 0.381. The number of nitriles is 1. The number of rotatable bonds is 1. The van der Waals surface area contributed by atoms with Crippen LogP contribution in [-0.4, -0.2) is 15.9 Å². The van der Waals surface area contributed by atoms with Crippen molar-refractivity contribution in [3.05, 3.63) is 47.9 Å². The summed E-state index contributed by atoms with van der Waals surface area (Å²) in [5.74, 6) is 1.26. The third kappa shape index (κ3) is 1.25. The number of aryl methyl sites for hydroxylation is 1. The van der Waals surface area contributed by atoms with Gasteiger partial charge in [0, 0.05) is 10.9 Å². The summed E-state index contributed by atoms with van der Waals surface area (Å²) in [7, 11) is 1.66.